The number of nitro benzene ring substituents is 1. The van der Waals surface area contributed by atoms with Gasteiger partial charge >= 0.3 is 0 Å². The summed E-state index contributed by atoms with van der Waals surface area (Å²) in [6, 6.07) is 14.7. The van der Waals surface area contributed by atoms with Crippen LogP contribution in [0.2, 0.25) is 0 Å². The van der Waals surface area contributed by atoms with E-state index >= 15 is 0 Å². The van der Waals surface area contributed by atoms with Crippen molar-refractivity contribution in [3.63, 3.8) is 0 Å². The van der Waals surface area contributed by atoms with E-state index in [1.165, 1.54) is 23.3 Å². The summed E-state index contributed by atoms with van der Waals surface area (Å²) in [7, 11) is 0. The second-order valence-corrected chi connectivity index (χ2v) is 5.15. The molecule has 0 fully saturated rings. The molecule has 5 nitrogen and oxygen atoms in total. The normalized spacial score (nSPS) is 17.4. The summed E-state index contributed by atoms with van der Waals surface area (Å²) in [4.78, 5) is 14.7. The van der Waals surface area contributed by atoms with Crippen molar-refractivity contribution in [2.75, 3.05) is 13.2 Å². The standard InChI is InChI=1S/C17H16N2O3/c20-19(21)15-6-3-4-13(10-15)11-18-12-17-16-7-2-1-5-14(16)8-9-22-17/h1-7,10-11,17H,8-9,12H2/t17-/m1/s1. The van der Waals surface area contributed by atoms with Crippen molar-refractivity contribution < 1.29 is 9.66 Å². The van der Waals surface area contributed by atoms with Gasteiger partial charge in [0.05, 0.1) is 18.1 Å². The summed E-state index contributed by atoms with van der Waals surface area (Å²) in [5.41, 5.74) is 3.29. The molecule has 0 aliphatic carbocycles. The van der Waals surface area contributed by atoms with Crippen molar-refractivity contribution in [3.8, 4) is 0 Å². The van der Waals surface area contributed by atoms with E-state index in [1.807, 2.05) is 12.1 Å². The van der Waals surface area contributed by atoms with Gasteiger partial charge in [-0.15, -0.1) is 0 Å². The van der Waals surface area contributed by atoms with E-state index in [2.05, 4.69) is 17.1 Å². The predicted molar refractivity (Wildman–Crippen MR) is 84.4 cm³/mol. The number of hydrogen-bond acceptors (Lipinski definition) is 4. The van der Waals surface area contributed by atoms with Crippen LogP contribution in [0.15, 0.2) is 53.5 Å². The van der Waals surface area contributed by atoms with E-state index in [0.29, 0.717) is 13.2 Å². The smallest absolute Gasteiger partial charge is 0.270 e. The Balaban J connectivity index is 1.71. The molecule has 112 valence electrons. The minimum atomic E-state index is -0.405. The molecule has 0 saturated heterocycles. The first-order valence-electron chi connectivity index (χ1n) is 7.18. The molecular formula is C17H16N2O3. The first-order chi connectivity index (χ1) is 10.7. The average molecular weight is 296 g/mol. The third-order valence-electron chi connectivity index (χ3n) is 3.69. The molecule has 0 unspecified atom stereocenters. The molecular weight excluding hydrogens is 280 g/mol. The number of hydrogen-bond donors (Lipinski definition) is 0. The second kappa shape index (κ2) is 6.49. The van der Waals surface area contributed by atoms with Crippen molar-refractivity contribution >= 4 is 11.9 Å². The maximum Gasteiger partial charge on any atom is 0.270 e. The fourth-order valence-corrected chi connectivity index (χ4v) is 2.60. The van der Waals surface area contributed by atoms with Gasteiger partial charge in [0.25, 0.3) is 5.69 Å². The molecule has 0 N–H and O–H groups in total. The molecule has 2 aromatic rings. The molecule has 0 spiro atoms. The lowest BCUT2D eigenvalue weighted by molar-refractivity contribution is -0.384. The van der Waals surface area contributed by atoms with Crippen molar-refractivity contribution in [2.45, 2.75) is 12.5 Å². The Morgan fingerprint density at radius 1 is 1.27 bits per heavy atom. The monoisotopic (exact) mass is 296 g/mol. The molecule has 0 radical (unpaired) electrons. The lowest BCUT2D eigenvalue weighted by Crippen LogP contribution is -2.18. The van der Waals surface area contributed by atoms with Gasteiger partial charge in [-0.3, -0.25) is 15.1 Å². The van der Waals surface area contributed by atoms with E-state index in [0.717, 1.165) is 12.0 Å². The van der Waals surface area contributed by atoms with Crippen LogP contribution in [0.25, 0.3) is 0 Å². The van der Waals surface area contributed by atoms with Crippen molar-refractivity contribution in [1.82, 2.24) is 0 Å². The topological polar surface area (TPSA) is 64.7 Å². The van der Waals surface area contributed by atoms with Crippen molar-refractivity contribution in [3.05, 3.63) is 75.3 Å². The highest BCUT2D eigenvalue weighted by atomic mass is 16.6. The predicted octanol–water partition coefficient (Wildman–Crippen LogP) is 3.33. The SMILES string of the molecule is O=[N+]([O-])c1cccc(C=NC[C@H]2OCCc3ccccc32)c1. The van der Waals surface area contributed by atoms with Gasteiger partial charge < -0.3 is 4.74 Å². The fraction of sp³-hybridized carbons (Fsp3) is 0.235. The van der Waals surface area contributed by atoms with E-state index in [1.54, 1.807) is 18.3 Å². The van der Waals surface area contributed by atoms with Gasteiger partial charge in [0.15, 0.2) is 0 Å². The number of non-ortho nitro benzene ring substituents is 1. The Morgan fingerprint density at radius 2 is 2.14 bits per heavy atom. The van der Waals surface area contributed by atoms with Gasteiger partial charge in [0, 0.05) is 18.3 Å². The lowest BCUT2D eigenvalue weighted by atomic mass is 9.98. The molecule has 0 bridgehead atoms. The molecule has 0 saturated carbocycles. The molecule has 2 aromatic carbocycles. The minimum absolute atomic E-state index is 0.0418. The van der Waals surface area contributed by atoms with Crippen LogP contribution in [0.4, 0.5) is 5.69 Å². The summed E-state index contributed by atoms with van der Waals surface area (Å²) >= 11 is 0. The molecule has 0 amide bonds. The molecule has 1 aliphatic rings. The van der Waals surface area contributed by atoms with Crippen molar-refractivity contribution in [1.29, 1.82) is 0 Å². The summed E-state index contributed by atoms with van der Waals surface area (Å²) in [5, 5.41) is 10.8. The Morgan fingerprint density at radius 3 is 3.00 bits per heavy atom. The average Bonchev–Trinajstić information content (AvgIpc) is 2.55. The molecule has 22 heavy (non-hydrogen) atoms. The molecule has 0 aromatic heterocycles. The third-order valence-corrected chi connectivity index (χ3v) is 3.69. The second-order valence-electron chi connectivity index (χ2n) is 5.15. The largest absolute Gasteiger partial charge is 0.371 e. The Kier molecular flexibility index (Phi) is 4.25. The summed E-state index contributed by atoms with van der Waals surface area (Å²) in [6.45, 7) is 1.22. The minimum Gasteiger partial charge on any atom is -0.371 e. The molecule has 1 aliphatic heterocycles. The van der Waals surface area contributed by atoms with Crippen LogP contribution in [0.1, 0.15) is 22.8 Å². The first-order valence-corrected chi connectivity index (χ1v) is 7.18. The zero-order chi connectivity index (χ0) is 15.4. The van der Waals surface area contributed by atoms with Crippen LogP contribution >= 0.6 is 0 Å². The Labute approximate surface area is 128 Å². The zero-order valence-corrected chi connectivity index (χ0v) is 12.0. The van der Waals surface area contributed by atoms with Gasteiger partial charge in [0.1, 0.15) is 6.10 Å². The molecule has 3 rings (SSSR count). The third kappa shape index (κ3) is 3.20. The van der Waals surface area contributed by atoms with E-state index in [4.69, 9.17) is 4.74 Å². The van der Waals surface area contributed by atoms with E-state index in [-0.39, 0.29) is 11.8 Å². The number of aliphatic imine (C=N–C) groups is 1. The maximum atomic E-state index is 10.8. The lowest BCUT2D eigenvalue weighted by Gasteiger charge is -2.24. The fourth-order valence-electron chi connectivity index (χ4n) is 2.60. The highest BCUT2D eigenvalue weighted by Crippen LogP contribution is 2.27. The number of nitro groups is 1. The number of ether oxygens (including phenoxy) is 1. The summed E-state index contributed by atoms with van der Waals surface area (Å²) < 4.78 is 5.78. The first kappa shape index (κ1) is 14.4. The van der Waals surface area contributed by atoms with Gasteiger partial charge in [0.2, 0.25) is 0 Å². The number of benzene rings is 2. The van der Waals surface area contributed by atoms with Crippen LogP contribution < -0.4 is 0 Å². The Hall–Kier alpha value is -2.53. The molecule has 5 heteroatoms. The van der Waals surface area contributed by atoms with Crippen LogP contribution in [0.5, 0.6) is 0 Å². The van der Waals surface area contributed by atoms with Crippen molar-refractivity contribution in [2.24, 2.45) is 4.99 Å². The molecule has 1 heterocycles. The van der Waals surface area contributed by atoms with Gasteiger partial charge in [-0.2, -0.15) is 0 Å². The van der Waals surface area contributed by atoms with Gasteiger partial charge in [-0.25, -0.2) is 0 Å². The van der Waals surface area contributed by atoms with Crippen LogP contribution in [-0.2, 0) is 11.2 Å². The number of fused-ring (bicyclic) bond motifs is 1. The number of nitrogens with zero attached hydrogens (tertiary/aromatic N) is 2. The highest BCUT2D eigenvalue weighted by molar-refractivity contribution is 5.80. The van der Waals surface area contributed by atoms with Crippen LogP contribution in [0.3, 0.4) is 0 Å². The summed E-state index contributed by atoms with van der Waals surface area (Å²) in [5.74, 6) is 0. The summed E-state index contributed by atoms with van der Waals surface area (Å²) in [6.07, 6.45) is 2.55. The van der Waals surface area contributed by atoms with Gasteiger partial charge in [-0.05, 0) is 23.1 Å². The number of rotatable bonds is 4. The zero-order valence-electron chi connectivity index (χ0n) is 12.0. The Bertz CT molecular complexity index is 713. The molecule has 1 atom stereocenters. The van der Waals surface area contributed by atoms with Crippen LogP contribution in [-0.4, -0.2) is 24.3 Å². The van der Waals surface area contributed by atoms with E-state index < -0.39 is 4.92 Å². The quantitative estimate of drug-likeness (QED) is 0.494. The highest BCUT2D eigenvalue weighted by Gasteiger charge is 2.19. The maximum absolute atomic E-state index is 10.8. The van der Waals surface area contributed by atoms with Gasteiger partial charge in [-0.1, -0.05) is 36.4 Å². The van der Waals surface area contributed by atoms with E-state index in [9.17, 15) is 10.1 Å². The van der Waals surface area contributed by atoms with Crippen LogP contribution in [0, 0.1) is 10.1 Å².